The van der Waals surface area contributed by atoms with E-state index in [1.807, 2.05) is 24.3 Å². The minimum absolute atomic E-state index is 0.583. The van der Waals surface area contributed by atoms with Gasteiger partial charge in [0.15, 0.2) is 9.84 Å². The minimum Gasteiger partial charge on any atom is -0.361 e. The molecule has 15 heavy (non-hydrogen) atoms. The normalized spacial score (nSPS) is 14.3. The van der Waals surface area contributed by atoms with Gasteiger partial charge in [0.2, 0.25) is 0 Å². The Hall–Kier alpha value is -1.29. The van der Waals surface area contributed by atoms with E-state index < -0.39 is 15.1 Å². The van der Waals surface area contributed by atoms with Gasteiger partial charge >= 0.3 is 0 Å². The maximum absolute atomic E-state index is 11.4. The van der Waals surface area contributed by atoms with Gasteiger partial charge in [-0.3, -0.25) is 0 Å². The van der Waals surface area contributed by atoms with Gasteiger partial charge < -0.3 is 4.98 Å². The molecule has 0 spiro atoms. The van der Waals surface area contributed by atoms with E-state index in [4.69, 9.17) is 0 Å². The highest BCUT2D eigenvalue weighted by atomic mass is 32.2. The molecule has 1 aromatic heterocycles. The van der Waals surface area contributed by atoms with Crippen molar-refractivity contribution in [3.63, 3.8) is 0 Å². The molecule has 79 valence electrons. The van der Waals surface area contributed by atoms with Crippen LogP contribution < -0.4 is 0 Å². The quantitative estimate of drug-likeness (QED) is 0.848. The molecule has 1 aromatic carbocycles. The molecule has 0 bridgehead atoms. The van der Waals surface area contributed by atoms with E-state index in [-0.39, 0.29) is 0 Å². The van der Waals surface area contributed by atoms with Crippen LogP contribution in [0.2, 0.25) is 0 Å². The third-order valence-corrected chi connectivity index (χ3v) is 3.93. The van der Waals surface area contributed by atoms with Crippen LogP contribution in [0.15, 0.2) is 30.5 Å². The first kappa shape index (κ1) is 10.2. The second kappa shape index (κ2) is 3.38. The van der Waals surface area contributed by atoms with Crippen LogP contribution in [0.3, 0.4) is 0 Å². The average molecular weight is 222 g/mol. The monoisotopic (exact) mass is 222 g/mol. The Bertz CT molecular complexity index is 583. The van der Waals surface area contributed by atoms with E-state index in [2.05, 4.69) is 11.2 Å². The number of H-pyrrole nitrogens is 1. The predicted octanol–water partition coefficient (Wildman–Crippen LogP) is 2.44. The summed E-state index contributed by atoms with van der Waals surface area (Å²) < 4.78 is 22.7. The van der Waals surface area contributed by atoms with Crippen LogP contribution in [0, 0.1) is 6.26 Å². The van der Waals surface area contributed by atoms with Crippen molar-refractivity contribution in [3.05, 3.63) is 42.3 Å². The van der Waals surface area contributed by atoms with Crippen LogP contribution in [0.4, 0.5) is 0 Å². The molecule has 2 aromatic rings. The Morgan fingerprint density at radius 2 is 2.07 bits per heavy atom. The van der Waals surface area contributed by atoms with E-state index in [1.165, 1.54) is 0 Å². The molecule has 0 aliphatic heterocycles. The van der Waals surface area contributed by atoms with E-state index in [1.54, 1.807) is 13.1 Å². The molecule has 1 radical (unpaired) electrons. The van der Waals surface area contributed by atoms with Crippen molar-refractivity contribution < 1.29 is 8.42 Å². The molecular weight excluding hydrogens is 210 g/mol. The minimum atomic E-state index is -3.30. The Morgan fingerprint density at radius 3 is 2.73 bits per heavy atom. The maximum atomic E-state index is 11.4. The summed E-state index contributed by atoms with van der Waals surface area (Å²) in [6.07, 6.45) is 5.00. The van der Waals surface area contributed by atoms with Gasteiger partial charge in [0, 0.05) is 11.7 Å². The molecule has 1 atom stereocenters. The van der Waals surface area contributed by atoms with E-state index in [0.29, 0.717) is 0 Å². The zero-order valence-electron chi connectivity index (χ0n) is 8.40. The molecule has 0 saturated carbocycles. The van der Waals surface area contributed by atoms with Crippen molar-refractivity contribution in [2.75, 3.05) is 0 Å². The van der Waals surface area contributed by atoms with Crippen LogP contribution in [0.25, 0.3) is 10.9 Å². The summed E-state index contributed by atoms with van der Waals surface area (Å²) in [4.78, 5) is 3.05. The number of hydrogen-bond acceptors (Lipinski definition) is 2. The molecule has 0 aliphatic rings. The number of fused-ring (bicyclic) bond motifs is 1. The van der Waals surface area contributed by atoms with Crippen LogP contribution in [-0.2, 0) is 9.84 Å². The molecule has 0 saturated heterocycles. The number of hydrogen-bond donors (Lipinski definition) is 1. The molecule has 1 unspecified atom stereocenters. The van der Waals surface area contributed by atoms with Crippen molar-refractivity contribution in [1.82, 2.24) is 4.98 Å². The summed E-state index contributed by atoms with van der Waals surface area (Å²) in [7, 11) is -3.30. The van der Waals surface area contributed by atoms with Gasteiger partial charge in [-0.25, -0.2) is 8.42 Å². The molecule has 3 nitrogen and oxygen atoms in total. The second-order valence-electron chi connectivity index (χ2n) is 3.59. The van der Waals surface area contributed by atoms with Gasteiger partial charge in [-0.05, 0) is 23.9 Å². The average Bonchev–Trinajstić information content (AvgIpc) is 2.62. The van der Waals surface area contributed by atoms with Crippen molar-refractivity contribution >= 4 is 20.7 Å². The third kappa shape index (κ3) is 1.77. The lowest BCUT2D eigenvalue weighted by atomic mass is 10.1. The van der Waals surface area contributed by atoms with Crippen LogP contribution in [0.5, 0.6) is 0 Å². The van der Waals surface area contributed by atoms with E-state index >= 15 is 0 Å². The number of sulfone groups is 1. The Labute approximate surface area is 89.0 Å². The lowest BCUT2D eigenvalue weighted by Crippen LogP contribution is -2.06. The molecule has 1 N–H and O–H groups in total. The molecule has 0 fully saturated rings. The van der Waals surface area contributed by atoms with Gasteiger partial charge in [-0.2, -0.15) is 0 Å². The van der Waals surface area contributed by atoms with Gasteiger partial charge in [-0.1, -0.05) is 18.2 Å². The van der Waals surface area contributed by atoms with Gasteiger partial charge in [0.25, 0.3) is 0 Å². The summed E-state index contributed by atoms with van der Waals surface area (Å²) in [5.41, 5.74) is 1.64. The van der Waals surface area contributed by atoms with Crippen molar-refractivity contribution in [1.29, 1.82) is 0 Å². The number of benzene rings is 1. The number of aromatic nitrogens is 1. The second-order valence-corrected chi connectivity index (χ2v) is 5.63. The zero-order valence-corrected chi connectivity index (χ0v) is 9.21. The van der Waals surface area contributed by atoms with Gasteiger partial charge in [-0.15, -0.1) is 0 Å². The fraction of sp³-hybridized carbons (Fsp3) is 0.182. The Balaban J connectivity index is 2.66. The topological polar surface area (TPSA) is 49.9 Å². The number of para-hydroxylation sites is 1. The predicted molar refractivity (Wildman–Crippen MR) is 61.0 cm³/mol. The summed E-state index contributed by atoms with van der Waals surface area (Å²) in [5.74, 6) is 0. The lowest BCUT2D eigenvalue weighted by molar-refractivity contribution is 0.595. The van der Waals surface area contributed by atoms with E-state index in [0.717, 1.165) is 16.5 Å². The fourth-order valence-corrected chi connectivity index (χ4v) is 2.22. The fourth-order valence-electron chi connectivity index (χ4n) is 1.64. The van der Waals surface area contributed by atoms with Crippen LogP contribution in [-0.4, -0.2) is 13.4 Å². The maximum Gasteiger partial charge on any atom is 0.158 e. The van der Waals surface area contributed by atoms with Gasteiger partial charge in [0.05, 0.1) is 11.5 Å². The molecule has 1 heterocycles. The third-order valence-electron chi connectivity index (χ3n) is 2.60. The molecular formula is C11H12NO2S. The van der Waals surface area contributed by atoms with Crippen molar-refractivity contribution in [3.8, 4) is 0 Å². The zero-order chi connectivity index (χ0) is 11.1. The summed E-state index contributed by atoms with van der Waals surface area (Å²) in [6, 6.07) is 7.53. The summed E-state index contributed by atoms with van der Waals surface area (Å²) in [6.45, 7) is 1.65. The first-order valence-corrected chi connectivity index (χ1v) is 6.34. The largest absolute Gasteiger partial charge is 0.361 e. The van der Waals surface area contributed by atoms with Gasteiger partial charge in [0.1, 0.15) is 0 Å². The number of nitrogens with one attached hydrogen (secondary N) is 1. The molecule has 0 aliphatic carbocycles. The Morgan fingerprint density at radius 1 is 1.33 bits per heavy atom. The summed E-state index contributed by atoms with van der Waals surface area (Å²) >= 11 is 0. The van der Waals surface area contributed by atoms with Crippen molar-refractivity contribution in [2.45, 2.75) is 12.2 Å². The standard InChI is InChI=1S/C11H12NO2S/c1-8(15(2,13)14)10-5-3-4-9-6-7-12-11(9)10/h3-8,12H,2H2,1H3. The highest BCUT2D eigenvalue weighted by Crippen LogP contribution is 2.28. The first-order valence-electron chi connectivity index (χ1n) is 4.63. The first-order chi connectivity index (χ1) is 7.00. The molecule has 4 heteroatoms. The summed E-state index contributed by atoms with van der Waals surface area (Å²) in [5, 5.41) is 0.433. The SMILES string of the molecule is [CH2]S(=O)(=O)C(C)c1cccc2cc[nH]c12. The highest BCUT2D eigenvalue weighted by molar-refractivity contribution is 7.92. The Kier molecular flexibility index (Phi) is 2.31. The van der Waals surface area contributed by atoms with Crippen LogP contribution >= 0.6 is 0 Å². The number of aromatic amines is 1. The van der Waals surface area contributed by atoms with Crippen LogP contribution in [0.1, 0.15) is 17.7 Å². The lowest BCUT2D eigenvalue weighted by Gasteiger charge is -2.10. The highest BCUT2D eigenvalue weighted by Gasteiger charge is 2.19. The smallest absolute Gasteiger partial charge is 0.158 e. The van der Waals surface area contributed by atoms with E-state index in [9.17, 15) is 8.42 Å². The van der Waals surface area contributed by atoms with Crippen molar-refractivity contribution in [2.24, 2.45) is 0 Å². The number of rotatable bonds is 2. The molecule has 2 rings (SSSR count). The molecule has 0 amide bonds.